The van der Waals surface area contributed by atoms with Crippen LogP contribution in [0, 0.1) is 12.7 Å². The predicted molar refractivity (Wildman–Crippen MR) is 66.7 cm³/mol. The van der Waals surface area contributed by atoms with Gasteiger partial charge >= 0.3 is 0 Å². The summed E-state index contributed by atoms with van der Waals surface area (Å²) in [4.78, 5) is 0. The summed E-state index contributed by atoms with van der Waals surface area (Å²) in [5, 5.41) is 0.465. The fraction of sp³-hybridized carbons (Fsp3) is 0.500. The van der Waals surface area contributed by atoms with Crippen LogP contribution in [0.25, 0.3) is 0 Å². The molecule has 2 unspecified atom stereocenters. The molecule has 4 heteroatoms. The Hall–Kier alpha value is -0.580. The van der Waals surface area contributed by atoms with Gasteiger partial charge < -0.3 is 0 Å². The van der Waals surface area contributed by atoms with Crippen molar-refractivity contribution in [3.8, 4) is 0 Å². The van der Waals surface area contributed by atoms with Crippen LogP contribution in [0.3, 0.4) is 0 Å². The fourth-order valence-corrected chi connectivity index (χ4v) is 3.48. The number of hydrogen-bond acceptors (Lipinski definition) is 3. The molecule has 1 aromatic carbocycles. The highest BCUT2D eigenvalue weighted by Gasteiger charge is 2.26. The SMILES string of the molecule is Cc1ccc(C(NN)C2CCCS2)cc1F. The first kappa shape index (κ1) is 11.9. The molecule has 2 atom stereocenters. The first-order valence-corrected chi connectivity index (χ1v) is 6.61. The second kappa shape index (κ2) is 5.17. The van der Waals surface area contributed by atoms with Crippen LogP contribution in [-0.2, 0) is 0 Å². The van der Waals surface area contributed by atoms with E-state index in [1.165, 1.54) is 12.2 Å². The van der Waals surface area contributed by atoms with Gasteiger partial charge in [-0.05, 0) is 42.7 Å². The summed E-state index contributed by atoms with van der Waals surface area (Å²) in [6.07, 6.45) is 2.37. The van der Waals surface area contributed by atoms with Gasteiger partial charge in [-0.25, -0.2) is 4.39 Å². The lowest BCUT2D eigenvalue weighted by Crippen LogP contribution is -2.34. The van der Waals surface area contributed by atoms with Crippen molar-refractivity contribution >= 4 is 11.8 Å². The number of aryl methyl sites for hydroxylation is 1. The monoisotopic (exact) mass is 240 g/mol. The number of thioether (sulfide) groups is 1. The predicted octanol–water partition coefficient (Wildman–Crippen LogP) is 2.53. The Bertz CT molecular complexity index is 364. The second-order valence-corrected chi connectivity index (χ2v) is 5.55. The molecule has 2 rings (SSSR count). The molecule has 1 aliphatic heterocycles. The topological polar surface area (TPSA) is 38.0 Å². The van der Waals surface area contributed by atoms with Crippen molar-refractivity contribution in [2.75, 3.05) is 5.75 Å². The molecule has 1 aliphatic rings. The number of hydrazine groups is 1. The summed E-state index contributed by atoms with van der Waals surface area (Å²) in [6, 6.07) is 5.43. The molecule has 1 saturated heterocycles. The lowest BCUT2D eigenvalue weighted by molar-refractivity contribution is 0.515. The third kappa shape index (κ3) is 2.39. The number of halogens is 1. The third-order valence-electron chi connectivity index (χ3n) is 3.07. The summed E-state index contributed by atoms with van der Waals surface area (Å²) >= 11 is 1.91. The van der Waals surface area contributed by atoms with Crippen LogP contribution in [0.5, 0.6) is 0 Å². The number of benzene rings is 1. The van der Waals surface area contributed by atoms with Crippen LogP contribution >= 0.6 is 11.8 Å². The van der Waals surface area contributed by atoms with Crippen molar-refractivity contribution in [2.24, 2.45) is 5.84 Å². The van der Waals surface area contributed by atoms with Crippen molar-refractivity contribution in [2.45, 2.75) is 31.1 Å². The van der Waals surface area contributed by atoms with E-state index in [2.05, 4.69) is 5.43 Å². The Kier molecular flexibility index (Phi) is 3.84. The molecule has 0 aliphatic carbocycles. The average Bonchev–Trinajstić information content (AvgIpc) is 2.78. The largest absolute Gasteiger partial charge is 0.271 e. The van der Waals surface area contributed by atoms with E-state index in [1.54, 1.807) is 13.0 Å². The molecule has 88 valence electrons. The number of rotatable bonds is 3. The molecule has 0 aromatic heterocycles. The van der Waals surface area contributed by atoms with E-state index in [9.17, 15) is 4.39 Å². The Morgan fingerprint density at radius 2 is 2.38 bits per heavy atom. The van der Waals surface area contributed by atoms with E-state index in [4.69, 9.17) is 5.84 Å². The molecule has 0 radical (unpaired) electrons. The highest BCUT2D eigenvalue weighted by molar-refractivity contribution is 8.00. The summed E-state index contributed by atoms with van der Waals surface area (Å²) in [7, 11) is 0. The molecule has 1 aromatic rings. The minimum Gasteiger partial charge on any atom is -0.271 e. The van der Waals surface area contributed by atoms with Gasteiger partial charge in [0.25, 0.3) is 0 Å². The van der Waals surface area contributed by atoms with Crippen molar-refractivity contribution < 1.29 is 4.39 Å². The molecule has 16 heavy (non-hydrogen) atoms. The molecule has 0 spiro atoms. The van der Waals surface area contributed by atoms with E-state index in [-0.39, 0.29) is 11.9 Å². The van der Waals surface area contributed by atoms with Gasteiger partial charge in [-0.3, -0.25) is 11.3 Å². The maximum absolute atomic E-state index is 13.5. The average molecular weight is 240 g/mol. The molecule has 1 fully saturated rings. The van der Waals surface area contributed by atoms with Gasteiger partial charge in [-0.2, -0.15) is 11.8 Å². The summed E-state index contributed by atoms with van der Waals surface area (Å²) in [5.74, 6) is 6.61. The Morgan fingerprint density at radius 1 is 1.56 bits per heavy atom. The third-order valence-corrected chi connectivity index (χ3v) is 4.53. The first-order valence-electron chi connectivity index (χ1n) is 5.56. The molecule has 2 nitrogen and oxygen atoms in total. The normalized spacial score (nSPS) is 22.3. The van der Waals surface area contributed by atoms with E-state index < -0.39 is 0 Å². The van der Waals surface area contributed by atoms with Crippen LogP contribution < -0.4 is 11.3 Å². The molecular weight excluding hydrogens is 223 g/mol. The lowest BCUT2D eigenvalue weighted by Gasteiger charge is -2.22. The summed E-state index contributed by atoms with van der Waals surface area (Å²) in [5.41, 5.74) is 4.45. The van der Waals surface area contributed by atoms with Gasteiger partial charge in [0, 0.05) is 5.25 Å². The number of hydrogen-bond donors (Lipinski definition) is 2. The zero-order valence-corrected chi connectivity index (χ0v) is 10.2. The van der Waals surface area contributed by atoms with Crippen molar-refractivity contribution in [3.63, 3.8) is 0 Å². The molecule has 0 saturated carbocycles. The Balaban J connectivity index is 2.22. The van der Waals surface area contributed by atoms with E-state index in [0.29, 0.717) is 10.8 Å². The highest BCUT2D eigenvalue weighted by atomic mass is 32.2. The summed E-state index contributed by atoms with van der Waals surface area (Å²) < 4.78 is 13.5. The quantitative estimate of drug-likeness (QED) is 0.630. The van der Waals surface area contributed by atoms with Crippen LogP contribution in [0.2, 0.25) is 0 Å². The van der Waals surface area contributed by atoms with Gasteiger partial charge in [0.15, 0.2) is 0 Å². The first-order chi connectivity index (χ1) is 7.72. The minimum absolute atomic E-state index is 0.0580. The van der Waals surface area contributed by atoms with Crippen LogP contribution in [-0.4, -0.2) is 11.0 Å². The van der Waals surface area contributed by atoms with Gasteiger partial charge in [0.2, 0.25) is 0 Å². The van der Waals surface area contributed by atoms with E-state index in [0.717, 1.165) is 12.0 Å². The molecule has 1 heterocycles. The van der Waals surface area contributed by atoms with Gasteiger partial charge in [-0.15, -0.1) is 0 Å². The maximum Gasteiger partial charge on any atom is 0.126 e. The van der Waals surface area contributed by atoms with E-state index in [1.807, 2.05) is 23.9 Å². The Labute approximate surface area is 99.8 Å². The number of nitrogens with one attached hydrogen (secondary N) is 1. The van der Waals surface area contributed by atoms with Crippen LogP contribution in [0.15, 0.2) is 18.2 Å². The minimum atomic E-state index is -0.152. The maximum atomic E-state index is 13.5. The molecular formula is C12H17FN2S. The smallest absolute Gasteiger partial charge is 0.126 e. The van der Waals surface area contributed by atoms with Gasteiger partial charge in [0.1, 0.15) is 5.82 Å². The van der Waals surface area contributed by atoms with Gasteiger partial charge in [-0.1, -0.05) is 12.1 Å². The van der Waals surface area contributed by atoms with Crippen molar-refractivity contribution in [1.82, 2.24) is 5.43 Å². The molecule has 3 N–H and O–H groups in total. The van der Waals surface area contributed by atoms with Crippen LogP contribution in [0.4, 0.5) is 4.39 Å². The highest BCUT2D eigenvalue weighted by Crippen LogP contribution is 2.35. The lowest BCUT2D eigenvalue weighted by atomic mass is 10.00. The zero-order valence-electron chi connectivity index (χ0n) is 9.37. The van der Waals surface area contributed by atoms with Crippen molar-refractivity contribution in [3.05, 3.63) is 35.1 Å². The van der Waals surface area contributed by atoms with E-state index >= 15 is 0 Å². The number of nitrogens with two attached hydrogens (primary N) is 1. The fourth-order valence-electron chi connectivity index (χ4n) is 2.09. The standard InChI is InChI=1S/C12H17FN2S/c1-8-4-5-9(7-10(8)13)12(15-14)11-3-2-6-16-11/h4-5,7,11-12,15H,2-3,6,14H2,1H3. The van der Waals surface area contributed by atoms with Gasteiger partial charge in [0.05, 0.1) is 6.04 Å². The van der Waals surface area contributed by atoms with Crippen LogP contribution in [0.1, 0.15) is 30.0 Å². The second-order valence-electron chi connectivity index (χ2n) is 4.20. The summed E-state index contributed by atoms with van der Waals surface area (Å²) in [6.45, 7) is 1.77. The Morgan fingerprint density at radius 3 is 2.94 bits per heavy atom. The molecule has 0 bridgehead atoms. The van der Waals surface area contributed by atoms with Crippen molar-refractivity contribution in [1.29, 1.82) is 0 Å². The zero-order chi connectivity index (χ0) is 11.5. The molecule has 0 amide bonds.